The predicted molar refractivity (Wildman–Crippen MR) is 44.0 cm³/mol. The molecule has 0 aliphatic carbocycles. The fourth-order valence-corrected chi connectivity index (χ4v) is 1.37. The van der Waals surface area contributed by atoms with Crippen molar-refractivity contribution in [2.75, 3.05) is 19.7 Å². The molecule has 0 aromatic rings. The molecular formula is C8H15NO3. The molecule has 1 fully saturated rings. The molecule has 0 aromatic carbocycles. The summed E-state index contributed by atoms with van der Waals surface area (Å²) in [5.74, 6) is -0.905. The van der Waals surface area contributed by atoms with Gasteiger partial charge in [0, 0.05) is 18.5 Å². The maximum Gasteiger partial charge on any atom is 0.329 e. The third kappa shape index (κ3) is 2.19. The molecule has 0 bridgehead atoms. The average Bonchev–Trinajstić information content (AvgIpc) is 2.25. The van der Waals surface area contributed by atoms with Crippen LogP contribution < -0.4 is 5.32 Å². The molecule has 70 valence electrons. The first-order valence-electron chi connectivity index (χ1n) is 4.06. The molecule has 4 heteroatoms. The summed E-state index contributed by atoms with van der Waals surface area (Å²) < 4.78 is 5.22. The van der Waals surface area contributed by atoms with Crippen LogP contribution in [-0.2, 0) is 9.53 Å². The molecule has 1 aliphatic rings. The molecule has 1 rings (SSSR count). The van der Waals surface area contributed by atoms with Crippen LogP contribution in [0.25, 0.3) is 0 Å². The standard InChI is InChI=1S/C8H15NO3/c1-8(2)5-9-3-6(8)12-4-7(10)11/h6,9H,3-5H2,1-2H3,(H,10,11). The second-order valence-electron chi connectivity index (χ2n) is 3.81. The summed E-state index contributed by atoms with van der Waals surface area (Å²) in [7, 11) is 0. The zero-order chi connectivity index (χ0) is 9.19. The molecule has 1 heterocycles. The summed E-state index contributed by atoms with van der Waals surface area (Å²) in [4.78, 5) is 10.2. The SMILES string of the molecule is CC1(C)CNCC1OCC(=O)O. The molecule has 4 nitrogen and oxygen atoms in total. The lowest BCUT2D eigenvalue weighted by Gasteiger charge is -2.24. The van der Waals surface area contributed by atoms with Crippen molar-refractivity contribution in [1.29, 1.82) is 0 Å². The van der Waals surface area contributed by atoms with Crippen LogP contribution in [0.1, 0.15) is 13.8 Å². The number of carboxylic acids is 1. The Morgan fingerprint density at radius 3 is 2.83 bits per heavy atom. The number of hydrogen-bond donors (Lipinski definition) is 2. The van der Waals surface area contributed by atoms with Crippen molar-refractivity contribution in [2.45, 2.75) is 20.0 Å². The van der Waals surface area contributed by atoms with E-state index in [0.29, 0.717) is 0 Å². The third-order valence-corrected chi connectivity index (χ3v) is 2.19. The maximum atomic E-state index is 10.2. The second-order valence-corrected chi connectivity index (χ2v) is 3.81. The van der Waals surface area contributed by atoms with Gasteiger partial charge in [0.15, 0.2) is 0 Å². The Balaban J connectivity index is 2.36. The monoisotopic (exact) mass is 173 g/mol. The normalized spacial score (nSPS) is 27.3. The van der Waals surface area contributed by atoms with Gasteiger partial charge in [-0.3, -0.25) is 0 Å². The number of carbonyl (C=O) groups is 1. The first-order valence-corrected chi connectivity index (χ1v) is 4.06. The Hall–Kier alpha value is -0.610. The van der Waals surface area contributed by atoms with Crippen molar-refractivity contribution in [3.05, 3.63) is 0 Å². The van der Waals surface area contributed by atoms with Crippen LogP contribution in [0.2, 0.25) is 0 Å². The van der Waals surface area contributed by atoms with Crippen molar-refractivity contribution < 1.29 is 14.6 Å². The van der Waals surface area contributed by atoms with E-state index in [0.717, 1.165) is 13.1 Å². The third-order valence-electron chi connectivity index (χ3n) is 2.19. The van der Waals surface area contributed by atoms with Gasteiger partial charge < -0.3 is 15.2 Å². The van der Waals surface area contributed by atoms with Gasteiger partial charge in [0.2, 0.25) is 0 Å². The highest BCUT2D eigenvalue weighted by Crippen LogP contribution is 2.26. The van der Waals surface area contributed by atoms with Crippen molar-refractivity contribution in [1.82, 2.24) is 5.32 Å². The van der Waals surface area contributed by atoms with Gasteiger partial charge in [0.1, 0.15) is 6.61 Å². The molecule has 0 radical (unpaired) electrons. The molecule has 0 amide bonds. The fourth-order valence-electron chi connectivity index (χ4n) is 1.37. The molecule has 0 aromatic heterocycles. The molecule has 0 saturated carbocycles. The van der Waals surface area contributed by atoms with E-state index in [1.807, 2.05) is 0 Å². The molecule has 1 aliphatic heterocycles. The molecule has 1 saturated heterocycles. The first-order chi connectivity index (χ1) is 5.52. The van der Waals surface area contributed by atoms with Crippen molar-refractivity contribution in [2.24, 2.45) is 5.41 Å². The minimum atomic E-state index is -0.905. The molecule has 1 atom stereocenters. The summed E-state index contributed by atoms with van der Waals surface area (Å²) in [6.07, 6.45) is 0.0219. The van der Waals surface area contributed by atoms with Crippen molar-refractivity contribution >= 4 is 5.97 Å². The van der Waals surface area contributed by atoms with E-state index in [2.05, 4.69) is 19.2 Å². The molecule has 12 heavy (non-hydrogen) atoms. The molecule has 1 unspecified atom stereocenters. The van der Waals surface area contributed by atoms with Gasteiger partial charge in [0.25, 0.3) is 0 Å². The number of hydrogen-bond acceptors (Lipinski definition) is 3. The lowest BCUT2D eigenvalue weighted by atomic mass is 9.90. The first kappa shape index (κ1) is 9.48. The molecular weight excluding hydrogens is 158 g/mol. The minimum absolute atomic E-state index is 0.0219. The van der Waals surface area contributed by atoms with Gasteiger partial charge in [-0.05, 0) is 0 Å². The Labute approximate surface area is 71.9 Å². The van der Waals surface area contributed by atoms with Crippen LogP contribution >= 0.6 is 0 Å². The Kier molecular flexibility index (Phi) is 2.69. The van der Waals surface area contributed by atoms with Crippen LogP contribution in [0.3, 0.4) is 0 Å². The highest BCUT2D eigenvalue weighted by molar-refractivity contribution is 5.68. The van der Waals surface area contributed by atoms with Crippen LogP contribution in [-0.4, -0.2) is 36.9 Å². The summed E-state index contributed by atoms with van der Waals surface area (Å²) in [6, 6.07) is 0. The largest absolute Gasteiger partial charge is 0.480 e. The Bertz CT molecular complexity index is 179. The van der Waals surface area contributed by atoms with E-state index in [4.69, 9.17) is 9.84 Å². The summed E-state index contributed by atoms with van der Waals surface area (Å²) in [5.41, 5.74) is 0.0510. The van der Waals surface area contributed by atoms with Gasteiger partial charge in [-0.1, -0.05) is 13.8 Å². The quantitative estimate of drug-likeness (QED) is 0.635. The smallest absolute Gasteiger partial charge is 0.329 e. The average molecular weight is 173 g/mol. The van der Waals surface area contributed by atoms with Crippen LogP contribution in [0.15, 0.2) is 0 Å². The van der Waals surface area contributed by atoms with E-state index < -0.39 is 5.97 Å². The number of rotatable bonds is 3. The lowest BCUT2D eigenvalue weighted by molar-refractivity contribution is -0.145. The van der Waals surface area contributed by atoms with Crippen molar-refractivity contribution in [3.8, 4) is 0 Å². The Morgan fingerprint density at radius 2 is 2.42 bits per heavy atom. The zero-order valence-electron chi connectivity index (χ0n) is 7.46. The van der Waals surface area contributed by atoms with E-state index >= 15 is 0 Å². The highest BCUT2D eigenvalue weighted by Gasteiger charge is 2.35. The molecule has 0 spiro atoms. The van der Waals surface area contributed by atoms with Crippen molar-refractivity contribution in [3.63, 3.8) is 0 Å². The summed E-state index contributed by atoms with van der Waals surface area (Å²) in [5, 5.41) is 11.6. The van der Waals surface area contributed by atoms with Gasteiger partial charge in [-0.15, -0.1) is 0 Å². The van der Waals surface area contributed by atoms with Gasteiger partial charge in [-0.2, -0.15) is 0 Å². The van der Waals surface area contributed by atoms with Gasteiger partial charge in [0.05, 0.1) is 6.10 Å². The number of aliphatic carboxylic acids is 1. The fraction of sp³-hybridized carbons (Fsp3) is 0.875. The highest BCUT2D eigenvalue weighted by atomic mass is 16.5. The predicted octanol–water partition coefficient (Wildman–Crippen LogP) is 0.0856. The van der Waals surface area contributed by atoms with E-state index in [1.165, 1.54) is 0 Å². The number of ether oxygens (including phenoxy) is 1. The van der Waals surface area contributed by atoms with Crippen LogP contribution in [0.5, 0.6) is 0 Å². The van der Waals surface area contributed by atoms with E-state index in [-0.39, 0.29) is 18.1 Å². The number of carboxylic acid groups (broad SMARTS) is 1. The van der Waals surface area contributed by atoms with Crippen LogP contribution in [0.4, 0.5) is 0 Å². The summed E-state index contributed by atoms with van der Waals surface area (Å²) >= 11 is 0. The maximum absolute atomic E-state index is 10.2. The van der Waals surface area contributed by atoms with Gasteiger partial charge in [-0.25, -0.2) is 4.79 Å². The van der Waals surface area contributed by atoms with Crippen LogP contribution in [0, 0.1) is 5.41 Å². The summed E-state index contributed by atoms with van der Waals surface area (Å²) in [6.45, 7) is 5.58. The number of nitrogens with one attached hydrogen (secondary N) is 1. The van der Waals surface area contributed by atoms with E-state index in [1.54, 1.807) is 0 Å². The zero-order valence-corrected chi connectivity index (χ0v) is 7.46. The topological polar surface area (TPSA) is 58.6 Å². The van der Waals surface area contributed by atoms with Gasteiger partial charge >= 0.3 is 5.97 Å². The molecule has 2 N–H and O–H groups in total. The second kappa shape index (κ2) is 3.41. The Morgan fingerprint density at radius 1 is 1.75 bits per heavy atom. The lowest BCUT2D eigenvalue weighted by Crippen LogP contribution is -2.31. The van der Waals surface area contributed by atoms with E-state index in [9.17, 15) is 4.79 Å². The minimum Gasteiger partial charge on any atom is -0.480 e.